The first-order chi connectivity index (χ1) is 9.72. The number of aliphatic hydroxyl groups excluding tert-OH is 1. The Morgan fingerprint density at radius 2 is 2.05 bits per heavy atom. The second kappa shape index (κ2) is 6.90. The molecule has 4 heteroatoms. The largest absolute Gasteiger partial charge is 0.472 e. The van der Waals surface area contributed by atoms with Crippen molar-refractivity contribution in [1.29, 1.82) is 5.26 Å². The summed E-state index contributed by atoms with van der Waals surface area (Å²) in [4.78, 5) is 2.15. The summed E-state index contributed by atoms with van der Waals surface area (Å²) in [5.74, 6) is 0. The monoisotopic (exact) mass is 270 g/mol. The van der Waals surface area contributed by atoms with Gasteiger partial charge in [-0.05, 0) is 30.3 Å². The van der Waals surface area contributed by atoms with E-state index in [-0.39, 0.29) is 0 Å². The first-order valence-corrected chi connectivity index (χ1v) is 6.64. The average Bonchev–Trinajstić information content (AvgIpc) is 2.99. The van der Waals surface area contributed by atoms with Crippen LogP contribution in [0.15, 0.2) is 47.3 Å². The molecule has 20 heavy (non-hydrogen) atoms. The summed E-state index contributed by atoms with van der Waals surface area (Å²) in [6.07, 6.45) is 2.81. The number of nitriles is 1. The van der Waals surface area contributed by atoms with Gasteiger partial charge < -0.3 is 9.52 Å². The van der Waals surface area contributed by atoms with Crippen LogP contribution in [0.1, 0.15) is 29.7 Å². The van der Waals surface area contributed by atoms with Crippen molar-refractivity contribution in [3.8, 4) is 6.07 Å². The maximum absolute atomic E-state index is 10.3. The molecule has 0 saturated carbocycles. The van der Waals surface area contributed by atoms with Crippen molar-refractivity contribution in [2.24, 2.45) is 0 Å². The van der Waals surface area contributed by atoms with Crippen LogP contribution >= 0.6 is 0 Å². The molecule has 2 rings (SSSR count). The molecule has 0 amide bonds. The number of hydrogen-bond donors (Lipinski definition) is 1. The van der Waals surface area contributed by atoms with Crippen molar-refractivity contribution in [2.45, 2.75) is 19.6 Å². The zero-order valence-electron chi connectivity index (χ0n) is 11.5. The van der Waals surface area contributed by atoms with E-state index in [4.69, 9.17) is 9.68 Å². The molecule has 0 aliphatic rings. The highest BCUT2D eigenvalue weighted by Gasteiger charge is 2.13. The SMILES string of the molecule is CCN(Cc1ccoc1)CC(O)c1ccc(C#N)cc1. The van der Waals surface area contributed by atoms with E-state index in [9.17, 15) is 5.11 Å². The van der Waals surface area contributed by atoms with Gasteiger partial charge in [-0.2, -0.15) is 5.26 Å². The van der Waals surface area contributed by atoms with Gasteiger partial charge in [0.15, 0.2) is 0 Å². The van der Waals surface area contributed by atoms with Gasteiger partial charge in [0.25, 0.3) is 0 Å². The van der Waals surface area contributed by atoms with Crippen LogP contribution in [0.5, 0.6) is 0 Å². The fraction of sp³-hybridized carbons (Fsp3) is 0.312. The maximum Gasteiger partial charge on any atom is 0.0991 e. The fourth-order valence-corrected chi connectivity index (χ4v) is 2.08. The fourth-order valence-electron chi connectivity index (χ4n) is 2.08. The van der Waals surface area contributed by atoms with Crippen molar-refractivity contribution in [3.05, 3.63) is 59.5 Å². The lowest BCUT2D eigenvalue weighted by Crippen LogP contribution is -2.28. The van der Waals surface area contributed by atoms with Gasteiger partial charge >= 0.3 is 0 Å². The minimum absolute atomic E-state index is 0.549. The van der Waals surface area contributed by atoms with Crippen LogP contribution in [0.3, 0.4) is 0 Å². The quantitative estimate of drug-likeness (QED) is 0.876. The van der Waals surface area contributed by atoms with Crippen LogP contribution in [-0.4, -0.2) is 23.1 Å². The van der Waals surface area contributed by atoms with Crippen LogP contribution in [0.4, 0.5) is 0 Å². The number of aliphatic hydroxyl groups is 1. The Balaban J connectivity index is 1.97. The van der Waals surface area contributed by atoms with E-state index in [0.717, 1.165) is 24.2 Å². The number of furan rings is 1. The zero-order valence-corrected chi connectivity index (χ0v) is 11.5. The van der Waals surface area contributed by atoms with Crippen molar-refractivity contribution in [2.75, 3.05) is 13.1 Å². The van der Waals surface area contributed by atoms with E-state index in [1.165, 1.54) is 0 Å². The van der Waals surface area contributed by atoms with E-state index in [1.54, 1.807) is 36.8 Å². The molecule has 0 saturated heterocycles. The first kappa shape index (κ1) is 14.3. The summed E-state index contributed by atoms with van der Waals surface area (Å²) < 4.78 is 5.06. The molecule has 1 unspecified atom stereocenters. The molecule has 0 aliphatic carbocycles. The highest BCUT2D eigenvalue weighted by molar-refractivity contribution is 5.32. The van der Waals surface area contributed by atoms with Crippen molar-refractivity contribution in [1.82, 2.24) is 4.90 Å². The van der Waals surface area contributed by atoms with Gasteiger partial charge in [0, 0.05) is 18.7 Å². The van der Waals surface area contributed by atoms with Crippen molar-refractivity contribution in [3.63, 3.8) is 0 Å². The summed E-state index contributed by atoms with van der Waals surface area (Å²) in [5.41, 5.74) is 2.53. The van der Waals surface area contributed by atoms with Gasteiger partial charge in [0.1, 0.15) is 0 Å². The Morgan fingerprint density at radius 3 is 2.60 bits per heavy atom. The van der Waals surface area contributed by atoms with Crippen LogP contribution in [0.25, 0.3) is 0 Å². The second-order valence-electron chi connectivity index (χ2n) is 4.71. The van der Waals surface area contributed by atoms with Crippen LogP contribution in [-0.2, 0) is 6.54 Å². The molecule has 1 heterocycles. The highest BCUT2D eigenvalue weighted by Crippen LogP contribution is 2.16. The summed E-state index contributed by atoms with van der Waals surface area (Å²) in [6, 6.07) is 11.1. The van der Waals surface area contributed by atoms with Crippen LogP contribution < -0.4 is 0 Å². The molecule has 1 atom stereocenters. The lowest BCUT2D eigenvalue weighted by molar-refractivity contribution is 0.112. The molecule has 0 fully saturated rings. The molecule has 1 aromatic carbocycles. The zero-order chi connectivity index (χ0) is 14.4. The summed E-state index contributed by atoms with van der Waals surface area (Å²) in [5, 5.41) is 19.0. The third-order valence-electron chi connectivity index (χ3n) is 3.29. The Kier molecular flexibility index (Phi) is 4.94. The minimum Gasteiger partial charge on any atom is -0.472 e. The van der Waals surface area contributed by atoms with Gasteiger partial charge in [-0.15, -0.1) is 0 Å². The van der Waals surface area contributed by atoms with Crippen LogP contribution in [0.2, 0.25) is 0 Å². The molecule has 0 aliphatic heterocycles. The van der Waals surface area contributed by atoms with E-state index >= 15 is 0 Å². The molecule has 104 valence electrons. The molecule has 0 bridgehead atoms. The number of likely N-dealkylation sites (N-methyl/N-ethyl adjacent to an activating group) is 1. The molecular weight excluding hydrogens is 252 g/mol. The van der Waals surface area contributed by atoms with Crippen LogP contribution in [0, 0.1) is 11.3 Å². The van der Waals surface area contributed by atoms with Gasteiger partial charge in [-0.25, -0.2) is 0 Å². The number of benzene rings is 1. The summed E-state index contributed by atoms with van der Waals surface area (Å²) >= 11 is 0. The van der Waals surface area contributed by atoms with Gasteiger partial charge in [0.2, 0.25) is 0 Å². The molecule has 0 radical (unpaired) electrons. The minimum atomic E-state index is -0.561. The Bertz CT molecular complexity index is 555. The van der Waals surface area contributed by atoms with Gasteiger partial charge in [0.05, 0.1) is 30.3 Å². The first-order valence-electron chi connectivity index (χ1n) is 6.64. The summed E-state index contributed by atoms with van der Waals surface area (Å²) in [6.45, 7) is 4.21. The third kappa shape index (κ3) is 3.70. The lowest BCUT2D eigenvalue weighted by atomic mass is 10.1. The van der Waals surface area contributed by atoms with Gasteiger partial charge in [-0.3, -0.25) is 4.90 Å². The van der Waals surface area contributed by atoms with Crippen molar-refractivity contribution < 1.29 is 9.52 Å². The molecular formula is C16H18N2O2. The lowest BCUT2D eigenvalue weighted by Gasteiger charge is -2.23. The normalized spacial score (nSPS) is 12.3. The molecule has 2 aromatic rings. The smallest absolute Gasteiger partial charge is 0.0991 e. The van der Waals surface area contributed by atoms with Crippen molar-refractivity contribution >= 4 is 0 Å². The van der Waals surface area contributed by atoms with E-state index < -0.39 is 6.10 Å². The average molecular weight is 270 g/mol. The third-order valence-corrected chi connectivity index (χ3v) is 3.29. The number of nitrogens with zero attached hydrogens (tertiary/aromatic N) is 2. The molecule has 1 aromatic heterocycles. The molecule has 1 N–H and O–H groups in total. The second-order valence-corrected chi connectivity index (χ2v) is 4.71. The topological polar surface area (TPSA) is 60.4 Å². The van der Waals surface area contributed by atoms with E-state index in [0.29, 0.717) is 12.1 Å². The molecule has 4 nitrogen and oxygen atoms in total. The van der Waals surface area contributed by atoms with E-state index in [2.05, 4.69) is 17.9 Å². The standard InChI is InChI=1S/C16H18N2O2/c1-2-18(10-14-7-8-20-12-14)11-16(19)15-5-3-13(9-17)4-6-15/h3-8,12,16,19H,2,10-11H2,1H3. The highest BCUT2D eigenvalue weighted by atomic mass is 16.3. The Morgan fingerprint density at radius 1 is 1.30 bits per heavy atom. The predicted molar refractivity (Wildman–Crippen MR) is 75.8 cm³/mol. The Hall–Kier alpha value is -2.09. The molecule has 0 spiro atoms. The number of hydrogen-bond acceptors (Lipinski definition) is 4. The summed E-state index contributed by atoms with van der Waals surface area (Å²) in [7, 11) is 0. The van der Waals surface area contributed by atoms with E-state index in [1.807, 2.05) is 6.07 Å². The Labute approximate surface area is 118 Å². The predicted octanol–water partition coefficient (Wildman–Crippen LogP) is 2.71. The number of rotatable bonds is 6. The maximum atomic E-state index is 10.3. The van der Waals surface area contributed by atoms with Gasteiger partial charge in [-0.1, -0.05) is 19.1 Å².